The van der Waals surface area contributed by atoms with Crippen molar-refractivity contribution in [2.75, 3.05) is 18.0 Å². The highest BCUT2D eigenvalue weighted by Gasteiger charge is 2.15. The Morgan fingerprint density at radius 1 is 1.00 bits per heavy atom. The summed E-state index contributed by atoms with van der Waals surface area (Å²) in [6.45, 7) is 2.25. The lowest BCUT2D eigenvalue weighted by Crippen LogP contribution is -2.26. The van der Waals surface area contributed by atoms with E-state index in [1.807, 2.05) is 18.2 Å². The van der Waals surface area contributed by atoms with Crippen molar-refractivity contribution in [3.05, 3.63) is 87.2 Å². The third kappa shape index (κ3) is 4.32. The van der Waals surface area contributed by atoms with Crippen LogP contribution < -0.4 is 15.8 Å². The number of carbonyl (C=O) groups excluding carboxylic acids is 1. The average molecular weight is 409 g/mol. The van der Waals surface area contributed by atoms with Crippen LogP contribution >= 0.6 is 11.6 Å². The van der Waals surface area contributed by atoms with Crippen LogP contribution in [0.3, 0.4) is 0 Å². The van der Waals surface area contributed by atoms with Gasteiger partial charge in [0, 0.05) is 36.3 Å². The molecule has 1 aliphatic heterocycles. The monoisotopic (exact) mass is 408 g/mol. The van der Waals surface area contributed by atoms with Crippen molar-refractivity contribution in [1.82, 2.24) is 15.1 Å². The second kappa shape index (κ2) is 8.49. The molecule has 6 nitrogen and oxygen atoms in total. The molecule has 1 aromatic heterocycles. The van der Waals surface area contributed by atoms with E-state index in [4.69, 9.17) is 11.6 Å². The second-order valence-electron chi connectivity index (χ2n) is 6.96. The van der Waals surface area contributed by atoms with E-state index in [1.54, 1.807) is 36.4 Å². The molecule has 1 saturated heterocycles. The lowest BCUT2D eigenvalue weighted by atomic mass is 10.1. The van der Waals surface area contributed by atoms with E-state index in [1.165, 1.54) is 10.7 Å². The van der Waals surface area contributed by atoms with Crippen LogP contribution in [0.15, 0.2) is 65.5 Å². The Labute approximate surface area is 173 Å². The quantitative estimate of drug-likeness (QED) is 0.702. The molecule has 1 aliphatic rings. The predicted molar refractivity (Wildman–Crippen MR) is 114 cm³/mol. The molecule has 0 unspecified atom stereocenters. The minimum Gasteiger partial charge on any atom is -0.355 e. The number of aromatic nitrogens is 2. The average Bonchev–Trinajstić information content (AvgIpc) is 3.28. The van der Waals surface area contributed by atoms with Gasteiger partial charge in [-0.25, -0.2) is 0 Å². The molecule has 0 saturated carbocycles. The SMILES string of the molecule is O=C(NCc1ccccc1Cl)c1ccc(-n2nc(N3CCCC3)ccc2=O)cc1. The van der Waals surface area contributed by atoms with Crippen LogP contribution in [0.25, 0.3) is 5.69 Å². The van der Waals surface area contributed by atoms with Gasteiger partial charge in [-0.3, -0.25) is 9.59 Å². The molecule has 3 aromatic rings. The summed E-state index contributed by atoms with van der Waals surface area (Å²) in [5.41, 5.74) is 1.78. The van der Waals surface area contributed by atoms with Crippen LogP contribution in [0.5, 0.6) is 0 Å². The van der Waals surface area contributed by atoms with E-state index >= 15 is 0 Å². The number of anilines is 1. The maximum absolute atomic E-state index is 12.4. The van der Waals surface area contributed by atoms with Crippen molar-refractivity contribution < 1.29 is 4.79 Å². The predicted octanol–water partition coefficient (Wildman–Crippen LogP) is 3.42. The zero-order valence-electron chi connectivity index (χ0n) is 15.8. The Kier molecular flexibility index (Phi) is 5.62. The molecule has 1 fully saturated rings. The summed E-state index contributed by atoms with van der Waals surface area (Å²) in [7, 11) is 0. The van der Waals surface area contributed by atoms with Crippen LogP contribution in [0.2, 0.25) is 5.02 Å². The maximum Gasteiger partial charge on any atom is 0.271 e. The first kappa shape index (κ1) is 19.2. The topological polar surface area (TPSA) is 67.2 Å². The first-order chi connectivity index (χ1) is 14.1. The van der Waals surface area contributed by atoms with E-state index in [9.17, 15) is 9.59 Å². The normalized spacial score (nSPS) is 13.5. The van der Waals surface area contributed by atoms with Crippen molar-refractivity contribution in [2.24, 2.45) is 0 Å². The fourth-order valence-corrected chi connectivity index (χ4v) is 3.58. The summed E-state index contributed by atoms with van der Waals surface area (Å²) in [4.78, 5) is 26.9. The molecule has 0 spiro atoms. The van der Waals surface area contributed by atoms with Crippen molar-refractivity contribution >= 4 is 23.3 Å². The molecule has 7 heteroatoms. The van der Waals surface area contributed by atoms with Crippen LogP contribution in [0.4, 0.5) is 5.82 Å². The molecule has 0 aliphatic carbocycles. The van der Waals surface area contributed by atoms with Gasteiger partial charge < -0.3 is 10.2 Å². The Hall–Kier alpha value is -3.12. The number of rotatable bonds is 5. The van der Waals surface area contributed by atoms with Gasteiger partial charge in [0.1, 0.15) is 5.82 Å². The van der Waals surface area contributed by atoms with Gasteiger partial charge in [-0.1, -0.05) is 29.8 Å². The zero-order valence-corrected chi connectivity index (χ0v) is 16.6. The standard InChI is InChI=1S/C22H21ClN4O2/c23-19-6-2-1-5-17(19)15-24-22(29)16-7-9-18(10-8-16)27-21(28)12-11-20(25-27)26-13-3-4-14-26/h1-2,5-12H,3-4,13-15H2,(H,24,29). The summed E-state index contributed by atoms with van der Waals surface area (Å²) in [5.74, 6) is 0.589. The fraction of sp³-hybridized carbons (Fsp3) is 0.227. The highest BCUT2D eigenvalue weighted by molar-refractivity contribution is 6.31. The first-order valence-corrected chi connectivity index (χ1v) is 9.97. The molecular formula is C22H21ClN4O2. The minimum atomic E-state index is -0.206. The Morgan fingerprint density at radius 2 is 1.72 bits per heavy atom. The van der Waals surface area contributed by atoms with E-state index in [0.717, 1.165) is 37.3 Å². The van der Waals surface area contributed by atoms with Crippen LogP contribution in [0, 0.1) is 0 Å². The second-order valence-corrected chi connectivity index (χ2v) is 7.36. The number of hydrogen-bond acceptors (Lipinski definition) is 4. The van der Waals surface area contributed by atoms with Gasteiger partial charge in [0.2, 0.25) is 0 Å². The third-order valence-electron chi connectivity index (χ3n) is 4.99. The van der Waals surface area contributed by atoms with Gasteiger partial charge in [-0.15, -0.1) is 5.10 Å². The molecule has 0 atom stereocenters. The zero-order chi connectivity index (χ0) is 20.2. The van der Waals surface area contributed by atoms with E-state index in [2.05, 4.69) is 15.3 Å². The van der Waals surface area contributed by atoms with E-state index in [-0.39, 0.29) is 11.5 Å². The van der Waals surface area contributed by atoms with E-state index < -0.39 is 0 Å². The molecule has 148 valence electrons. The van der Waals surface area contributed by atoms with Crippen LogP contribution in [-0.4, -0.2) is 28.8 Å². The number of hydrogen-bond donors (Lipinski definition) is 1. The summed E-state index contributed by atoms with van der Waals surface area (Å²) in [5, 5.41) is 7.98. The van der Waals surface area contributed by atoms with Gasteiger partial charge in [0.25, 0.3) is 11.5 Å². The number of nitrogens with one attached hydrogen (secondary N) is 1. The number of benzene rings is 2. The van der Waals surface area contributed by atoms with Crippen molar-refractivity contribution in [2.45, 2.75) is 19.4 Å². The summed E-state index contributed by atoms with van der Waals surface area (Å²) in [6, 6.07) is 17.5. The summed E-state index contributed by atoms with van der Waals surface area (Å²) >= 11 is 6.12. The van der Waals surface area contributed by atoms with Gasteiger partial charge in [0.15, 0.2) is 0 Å². The minimum absolute atomic E-state index is 0.205. The van der Waals surface area contributed by atoms with Crippen molar-refractivity contribution in [1.29, 1.82) is 0 Å². The number of halogens is 1. The summed E-state index contributed by atoms with van der Waals surface area (Å²) < 4.78 is 1.37. The molecule has 2 aromatic carbocycles. The van der Waals surface area contributed by atoms with E-state index in [0.29, 0.717) is 22.8 Å². The van der Waals surface area contributed by atoms with Gasteiger partial charge in [0.05, 0.1) is 5.69 Å². The van der Waals surface area contributed by atoms with Crippen molar-refractivity contribution in [3.63, 3.8) is 0 Å². The van der Waals surface area contributed by atoms with Gasteiger partial charge in [-0.2, -0.15) is 4.68 Å². The molecule has 1 amide bonds. The molecular weight excluding hydrogens is 388 g/mol. The highest BCUT2D eigenvalue weighted by Crippen LogP contribution is 2.17. The molecule has 0 radical (unpaired) electrons. The first-order valence-electron chi connectivity index (χ1n) is 9.59. The molecule has 2 heterocycles. The Bertz CT molecular complexity index is 1070. The van der Waals surface area contributed by atoms with Crippen molar-refractivity contribution in [3.8, 4) is 5.69 Å². The van der Waals surface area contributed by atoms with Crippen LogP contribution in [0.1, 0.15) is 28.8 Å². The lowest BCUT2D eigenvalue weighted by molar-refractivity contribution is 0.0951. The molecule has 0 bridgehead atoms. The Balaban J connectivity index is 1.49. The third-order valence-corrected chi connectivity index (χ3v) is 5.36. The largest absolute Gasteiger partial charge is 0.355 e. The number of amides is 1. The number of carbonyl (C=O) groups is 1. The lowest BCUT2D eigenvalue weighted by Gasteiger charge is -2.17. The fourth-order valence-electron chi connectivity index (χ4n) is 3.37. The van der Waals surface area contributed by atoms with Gasteiger partial charge in [-0.05, 0) is 54.8 Å². The molecule has 4 rings (SSSR count). The smallest absolute Gasteiger partial charge is 0.271 e. The molecule has 29 heavy (non-hydrogen) atoms. The maximum atomic E-state index is 12.4. The number of nitrogens with zero attached hydrogens (tertiary/aromatic N) is 3. The van der Waals surface area contributed by atoms with Gasteiger partial charge >= 0.3 is 0 Å². The summed E-state index contributed by atoms with van der Waals surface area (Å²) in [6.07, 6.45) is 2.28. The highest BCUT2D eigenvalue weighted by atomic mass is 35.5. The molecule has 1 N–H and O–H groups in total. The van der Waals surface area contributed by atoms with Crippen LogP contribution in [-0.2, 0) is 6.54 Å². The Morgan fingerprint density at radius 3 is 2.45 bits per heavy atom.